The monoisotopic (exact) mass is 339 g/mol. The lowest BCUT2D eigenvalue weighted by atomic mass is 10.1. The van der Waals surface area contributed by atoms with Gasteiger partial charge in [-0.1, -0.05) is 6.07 Å². The summed E-state index contributed by atoms with van der Waals surface area (Å²) in [5, 5.41) is 17.2. The average Bonchev–Trinajstić information content (AvgIpc) is 2.31. The van der Waals surface area contributed by atoms with E-state index < -0.39 is 0 Å². The van der Waals surface area contributed by atoms with Crippen LogP contribution in [0, 0.1) is 33.2 Å². The Morgan fingerprint density at radius 1 is 1.35 bits per heavy atom. The molecular weight excluding hydrogens is 329 g/mol. The summed E-state index contributed by atoms with van der Waals surface area (Å²) in [5.41, 5.74) is 1.60. The molecular formula is C12H10IN3O. The van der Waals surface area contributed by atoms with E-state index in [2.05, 4.69) is 22.6 Å². The number of halogens is 1. The Morgan fingerprint density at radius 2 is 1.94 bits per heavy atom. The van der Waals surface area contributed by atoms with Crippen LogP contribution >= 0.6 is 22.6 Å². The molecule has 0 saturated carbocycles. The van der Waals surface area contributed by atoms with Crippen molar-refractivity contribution in [3.8, 4) is 12.1 Å². The minimum absolute atomic E-state index is 0.0726. The first-order valence-electron chi connectivity index (χ1n) is 4.89. The number of hydrogen-bond donors (Lipinski definition) is 0. The summed E-state index contributed by atoms with van der Waals surface area (Å²) in [6.07, 6.45) is 0. The van der Waals surface area contributed by atoms with Gasteiger partial charge < -0.3 is 4.90 Å². The van der Waals surface area contributed by atoms with E-state index in [1.54, 1.807) is 12.1 Å². The highest BCUT2D eigenvalue weighted by Crippen LogP contribution is 2.14. The number of nitrogens with zero attached hydrogens (tertiary/aromatic N) is 3. The van der Waals surface area contributed by atoms with Crippen LogP contribution < -0.4 is 0 Å². The van der Waals surface area contributed by atoms with E-state index in [0.29, 0.717) is 5.56 Å². The molecule has 0 heterocycles. The fourth-order valence-electron chi connectivity index (χ4n) is 1.28. The smallest absolute Gasteiger partial charge is 0.255 e. The van der Waals surface area contributed by atoms with Gasteiger partial charge in [-0.3, -0.25) is 4.79 Å². The van der Waals surface area contributed by atoms with Crippen molar-refractivity contribution in [2.24, 2.45) is 0 Å². The van der Waals surface area contributed by atoms with Gasteiger partial charge in [0.25, 0.3) is 5.91 Å². The number of benzene rings is 1. The molecule has 0 saturated heterocycles. The Balaban J connectivity index is 2.98. The Bertz CT molecular complexity index is 497. The molecule has 0 atom stereocenters. The predicted molar refractivity (Wildman–Crippen MR) is 71.0 cm³/mol. The molecule has 1 amide bonds. The molecule has 0 aliphatic heterocycles. The van der Waals surface area contributed by atoms with Gasteiger partial charge in [-0.05, 0) is 47.2 Å². The van der Waals surface area contributed by atoms with Crippen molar-refractivity contribution >= 4 is 28.5 Å². The predicted octanol–water partition coefficient (Wildman–Crippen LogP) is 2.09. The van der Waals surface area contributed by atoms with Gasteiger partial charge in [-0.25, -0.2) is 0 Å². The van der Waals surface area contributed by atoms with Gasteiger partial charge in [0.2, 0.25) is 0 Å². The summed E-state index contributed by atoms with van der Waals surface area (Å²) in [5.74, 6) is -0.286. The Morgan fingerprint density at radius 3 is 2.41 bits per heavy atom. The lowest BCUT2D eigenvalue weighted by Gasteiger charge is -2.16. The van der Waals surface area contributed by atoms with Crippen LogP contribution in [-0.4, -0.2) is 23.9 Å². The third-order valence-electron chi connectivity index (χ3n) is 2.23. The molecule has 0 aliphatic rings. The molecule has 0 N–H and O–H groups in total. The van der Waals surface area contributed by atoms with E-state index in [1.165, 1.54) is 4.90 Å². The number of hydrogen-bond acceptors (Lipinski definition) is 3. The van der Waals surface area contributed by atoms with Gasteiger partial charge in [-0.2, -0.15) is 10.5 Å². The number of carbonyl (C=O) groups is 1. The van der Waals surface area contributed by atoms with Crippen LogP contribution in [0.5, 0.6) is 0 Å². The van der Waals surface area contributed by atoms with E-state index in [0.717, 1.165) is 9.13 Å². The molecule has 0 spiro atoms. The fourth-order valence-corrected chi connectivity index (χ4v) is 1.79. The standard InChI is InChI=1S/C12H10IN3O/c1-9-2-3-10(8-11(9)13)12(17)16(6-4-14)7-5-15/h2-3,8H,6-7H2,1H3. The van der Waals surface area contributed by atoms with Crippen molar-refractivity contribution in [3.63, 3.8) is 0 Å². The van der Waals surface area contributed by atoms with Crippen LogP contribution in [0.15, 0.2) is 18.2 Å². The minimum Gasteiger partial charge on any atom is -0.312 e. The van der Waals surface area contributed by atoms with Crippen LogP contribution in [0.2, 0.25) is 0 Å². The maximum absolute atomic E-state index is 12.0. The summed E-state index contributed by atoms with van der Waals surface area (Å²) in [6, 6.07) is 9.09. The zero-order valence-corrected chi connectivity index (χ0v) is 11.4. The van der Waals surface area contributed by atoms with Crippen LogP contribution in [-0.2, 0) is 0 Å². The molecule has 0 unspecified atom stereocenters. The zero-order chi connectivity index (χ0) is 12.8. The molecule has 0 bridgehead atoms. The summed E-state index contributed by atoms with van der Waals surface area (Å²) >= 11 is 2.15. The number of aryl methyl sites for hydroxylation is 1. The highest BCUT2D eigenvalue weighted by molar-refractivity contribution is 14.1. The van der Waals surface area contributed by atoms with Crippen molar-refractivity contribution in [3.05, 3.63) is 32.9 Å². The maximum Gasteiger partial charge on any atom is 0.255 e. The first-order valence-corrected chi connectivity index (χ1v) is 5.97. The summed E-state index contributed by atoms with van der Waals surface area (Å²) in [6.45, 7) is 1.81. The molecule has 17 heavy (non-hydrogen) atoms. The third kappa shape index (κ3) is 3.43. The normalized spacial score (nSPS) is 9.18. The second kappa shape index (κ2) is 6.21. The first-order chi connectivity index (χ1) is 8.10. The lowest BCUT2D eigenvalue weighted by Crippen LogP contribution is -2.31. The van der Waals surface area contributed by atoms with Crippen molar-refractivity contribution in [1.29, 1.82) is 10.5 Å². The topological polar surface area (TPSA) is 67.9 Å². The van der Waals surface area contributed by atoms with Gasteiger partial charge in [-0.15, -0.1) is 0 Å². The van der Waals surface area contributed by atoms with E-state index in [9.17, 15) is 4.79 Å². The van der Waals surface area contributed by atoms with Gasteiger partial charge in [0.1, 0.15) is 13.1 Å². The largest absolute Gasteiger partial charge is 0.312 e. The molecule has 0 aromatic heterocycles. The van der Waals surface area contributed by atoms with Crippen molar-refractivity contribution in [1.82, 2.24) is 4.90 Å². The molecule has 86 valence electrons. The minimum atomic E-state index is -0.286. The molecule has 1 rings (SSSR count). The quantitative estimate of drug-likeness (QED) is 0.626. The molecule has 0 fully saturated rings. The van der Waals surface area contributed by atoms with Crippen LogP contribution in [0.25, 0.3) is 0 Å². The summed E-state index contributed by atoms with van der Waals surface area (Å²) < 4.78 is 0.988. The van der Waals surface area contributed by atoms with Gasteiger partial charge in [0.05, 0.1) is 12.1 Å². The number of amides is 1. The average molecular weight is 339 g/mol. The molecule has 0 radical (unpaired) electrons. The number of carbonyl (C=O) groups excluding carboxylic acids is 1. The molecule has 4 nitrogen and oxygen atoms in total. The molecule has 1 aromatic rings. The molecule has 0 aliphatic carbocycles. The molecule has 1 aromatic carbocycles. The van der Waals surface area contributed by atoms with Gasteiger partial charge in [0.15, 0.2) is 0 Å². The Labute approximate surface area is 114 Å². The van der Waals surface area contributed by atoms with Gasteiger partial charge in [0, 0.05) is 9.13 Å². The second-order valence-electron chi connectivity index (χ2n) is 3.44. The van der Waals surface area contributed by atoms with Crippen LogP contribution in [0.4, 0.5) is 0 Å². The number of nitriles is 2. The first kappa shape index (κ1) is 13.5. The van der Waals surface area contributed by atoms with E-state index >= 15 is 0 Å². The maximum atomic E-state index is 12.0. The highest BCUT2D eigenvalue weighted by atomic mass is 127. The summed E-state index contributed by atoms with van der Waals surface area (Å²) in [7, 11) is 0. The number of rotatable bonds is 3. The van der Waals surface area contributed by atoms with Crippen LogP contribution in [0.1, 0.15) is 15.9 Å². The molecule has 5 heteroatoms. The van der Waals surface area contributed by atoms with Crippen molar-refractivity contribution in [2.75, 3.05) is 13.1 Å². The van der Waals surface area contributed by atoms with E-state index in [4.69, 9.17) is 10.5 Å². The third-order valence-corrected chi connectivity index (χ3v) is 3.39. The summed E-state index contributed by atoms with van der Waals surface area (Å²) in [4.78, 5) is 13.2. The highest BCUT2D eigenvalue weighted by Gasteiger charge is 2.15. The Kier molecular flexibility index (Phi) is 4.92. The fraction of sp³-hybridized carbons (Fsp3) is 0.250. The van der Waals surface area contributed by atoms with Crippen molar-refractivity contribution in [2.45, 2.75) is 6.92 Å². The van der Waals surface area contributed by atoms with Gasteiger partial charge >= 0.3 is 0 Å². The van der Waals surface area contributed by atoms with Crippen molar-refractivity contribution < 1.29 is 4.79 Å². The van der Waals surface area contributed by atoms with E-state index in [-0.39, 0.29) is 19.0 Å². The zero-order valence-electron chi connectivity index (χ0n) is 9.27. The Hall–Kier alpha value is -1.60. The van der Waals surface area contributed by atoms with E-state index in [1.807, 2.05) is 25.1 Å². The lowest BCUT2D eigenvalue weighted by molar-refractivity contribution is 0.0794. The van der Waals surface area contributed by atoms with Crippen LogP contribution in [0.3, 0.4) is 0 Å². The SMILES string of the molecule is Cc1ccc(C(=O)N(CC#N)CC#N)cc1I. The second-order valence-corrected chi connectivity index (χ2v) is 4.60.